The van der Waals surface area contributed by atoms with Gasteiger partial charge in [0.25, 0.3) is 10.0 Å². The number of aromatic nitrogens is 3. The van der Waals surface area contributed by atoms with Gasteiger partial charge in [0, 0.05) is 35.3 Å². The maximum absolute atomic E-state index is 13.0. The fourth-order valence-corrected chi connectivity index (χ4v) is 8.20. The summed E-state index contributed by atoms with van der Waals surface area (Å²) >= 11 is 17.1. The summed E-state index contributed by atoms with van der Waals surface area (Å²) < 4.78 is 31.0. The number of fused-ring (bicyclic) bond motifs is 1. The number of piperidine rings is 1. The van der Waals surface area contributed by atoms with E-state index in [1.807, 2.05) is 28.8 Å². The highest BCUT2D eigenvalue weighted by Gasteiger charge is 2.33. The number of benzene rings is 1. The molecule has 0 N–H and O–H groups in total. The molecule has 0 unspecified atom stereocenters. The van der Waals surface area contributed by atoms with Crippen LogP contribution in [0.2, 0.25) is 9.36 Å². The van der Waals surface area contributed by atoms with Crippen LogP contribution in [-0.2, 0) is 10.0 Å². The van der Waals surface area contributed by atoms with E-state index < -0.39 is 10.0 Å². The van der Waals surface area contributed by atoms with Gasteiger partial charge in [-0.2, -0.15) is 9.40 Å². The van der Waals surface area contributed by atoms with Crippen molar-refractivity contribution in [2.75, 3.05) is 13.1 Å². The molecule has 1 aromatic carbocycles. The Kier molecular flexibility index (Phi) is 6.78. The Morgan fingerprint density at radius 1 is 1.15 bits per heavy atom. The van der Waals surface area contributed by atoms with Gasteiger partial charge in [-0.25, -0.2) is 17.9 Å². The third kappa shape index (κ3) is 4.42. The van der Waals surface area contributed by atoms with Gasteiger partial charge in [0.05, 0.1) is 20.7 Å². The molecule has 0 aliphatic carbocycles. The molecule has 0 saturated carbocycles. The van der Waals surface area contributed by atoms with E-state index in [0.29, 0.717) is 32.6 Å². The van der Waals surface area contributed by atoms with Gasteiger partial charge in [0.1, 0.15) is 4.21 Å². The summed E-state index contributed by atoms with van der Waals surface area (Å²) in [5, 5.41) is 5.18. The molecular formula is C23H21BrCl2N4O2S2. The summed E-state index contributed by atoms with van der Waals surface area (Å²) in [5.74, 6) is 0.436. The number of thiophene rings is 1. The Bertz CT molecular complexity index is 1460. The summed E-state index contributed by atoms with van der Waals surface area (Å²) in [7, 11) is -3.51. The second-order valence-electron chi connectivity index (χ2n) is 8.36. The summed E-state index contributed by atoms with van der Waals surface area (Å²) in [6.07, 6.45) is 3.26. The third-order valence-corrected chi connectivity index (χ3v) is 10.9. The molecule has 178 valence electrons. The quantitative estimate of drug-likeness (QED) is 0.255. The van der Waals surface area contributed by atoms with E-state index in [9.17, 15) is 8.42 Å². The van der Waals surface area contributed by atoms with Crippen LogP contribution in [0.5, 0.6) is 0 Å². The van der Waals surface area contributed by atoms with Crippen molar-refractivity contribution in [3.63, 3.8) is 0 Å². The molecule has 1 aliphatic heterocycles. The fraction of sp³-hybridized carbons (Fsp3) is 0.304. The van der Waals surface area contributed by atoms with Crippen molar-refractivity contribution in [3.8, 4) is 11.3 Å². The molecule has 0 radical (unpaired) electrons. The molecule has 4 aromatic rings. The topological polar surface area (TPSA) is 67.6 Å². The molecule has 11 heteroatoms. The van der Waals surface area contributed by atoms with Crippen molar-refractivity contribution in [2.45, 2.75) is 29.9 Å². The first-order chi connectivity index (χ1) is 16.3. The number of sulfonamides is 1. The Balaban J connectivity index is 1.43. The zero-order valence-corrected chi connectivity index (χ0v) is 22.9. The third-order valence-electron chi connectivity index (χ3n) is 6.42. The van der Waals surface area contributed by atoms with Crippen LogP contribution < -0.4 is 0 Å². The minimum absolute atomic E-state index is 0.138. The van der Waals surface area contributed by atoms with Crippen LogP contribution in [-0.4, -0.2) is 40.4 Å². The molecule has 6 nitrogen and oxygen atoms in total. The lowest BCUT2D eigenvalue weighted by molar-refractivity contribution is 0.247. The van der Waals surface area contributed by atoms with Gasteiger partial charge in [-0.3, -0.25) is 0 Å². The van der Waals surface area contributed by atoms with Gasteiger partial charge in [-0.15, -0.1) is 11.3 Å². The first kappa shape index (κ1) is 24.2. The lowest BCUT2D eigenvalue weighted by Gasteiger charge is -2.34. The average molecular weight is 600 g/mol. The average Bonchev–Trinajstić information content (AvgIpc) is 3.44. The second kappa shape index (κ2) is 9.52. The lowest BCUT2D eigenvalue weighted by Crippen LogP contribution is -2.39. The van der Waals surface area contributed by atoms with Gasteiger partial charge in [0.2, 0.25) is 0 Å². The van der Waals surface area contributed by atoms with Crippen LogP contribution in [0.1, 0.15) is 31.4 Å². The highest BCUT2D eigenvalue weighted by atomic mass is 79.9. The van der Waals surface area contributed by atoms with Crippen LogP contribution in [0.3, 0.4) is 0 Å². The molecule has 34 heavy (non-hydrogen) atoms. The molecule has 1 fully saturated rings. The molecular weight excluding hydrogens is 579 g/mol. The van der Waals surface area contributed by atoms with Crippen LogP contribution in [0, 0.1) is 5.92 Å². The van der Waals surface area contributed by atoms with Crippen LogP contribution >= 0.6 is 50.5 Å². The van der Waals surface area contributed by atoms with Gasteiger partial charge in [-0.1, -0.05) is 48.3 Å². The molecule has 1 atom stereocenters. The Morgan fingerprint density at radius 2 is 1.88 bits per heavy atom. The van der Waals surface area contributed by atoms with Crippen molar-refractivity contribution >= 4 is 66.1 Å². The SMILES string of the molecule is C[C@@H](c1cc(-c2ccccc2Cl)nc2c(Br)cnn12)C1CCN(S(=O)(=O)c2ccc(Cl)s2)CC1. The summed E-state index contributed by atoms with van der Waals surface area (Å²) in [5.41, 5.74) is 3.41. The van der Waals surface area contributed by atoms with Crippen molar-refractivity contribution in [1.82, 2.24) is 18.9 Å². The van der Waals surface area contributed by atoms with E-state index in [1.54, 1.807) is 22.6 Å². The molecule has 1 aliphatic rings. The summed E-state index contributed by atoms with van der Waals surface area (Å²) in [6, 6.07) is 12.9. The normalized spacial score (nSPS) is 16.8. The first-order valence-electron chi connectivity index (χ1n) is 10.8. The number of hydrogen-bond donors (Lipinski definition) is 0. The molecule has 4 heterocycles. The highest BCUT2D eigenvalue weighted by molar-refractivity contribution is 9.10. The highest BCUT2D eigenvalue weighted by Crippen LogP contribution is 2.38. The Labute approximate surface area is 220 Å². The summed E-state index contributed by atoms with van der Waals surface area (Å²) in [6.45, 7) is 3.12. The van der Waals surface area contributed by atoms with E-state index in [-0.39, 0.29) is 5.92 Å². The molecule has 0 bridgehead atoms. The van der Waals surface area contributed by atoms with Crippen molar-refractivity contribution in [1.29, 1.82) is 0 Å². The molecule has 5 rings (SSSR count). The number of hydrogen-bond acceptors (Lipinski definition) is 5. The van der Waals surface area contributed by atoms with E-state index >= 15 is 0 Å². The van der Waals surface area contributed by atoms with E-state index in [1.165, 1.54) is 0 Å². The predicted molar refractivity (Wildman–Crippen MR) is 140 cm³/mol. The second-order valence-corrected chi connectivity index (χ2v) is 13.5. The number of rotatable bonds is 5. The zero-order valence-electron chi connectivity index (χ0n) is 18.2. The van der Waals surface area contributed by atoms with Gasteiger partial charge < -0.3 is 0 Å². The number of halogens is 3. The standard InChI is InChI=1S/C23H21BrCl2N4O2S2/c1-14(15-8-10-29(11-9-15)34(31,32)22-7-6-21(26)33-22)20-12-19(16-4-2-3-5-18(16)25)28-23-17(24)13-27-30(20)23/h2-7,12-15H,8-11H2,1H3/t14-/m1/s1. The van der Waals surface area contributed by atoms with Crippen LogP contribution in [0.4, 0.5) is 0 Å². The summed E-state index contributed by atoms with van der Waals surface area (Å²) in [4.78, 5) is 4.81. The minimum Gasteiger partial charge on any atom is -0.227 e. The fourth-order valence-electron chi connectivity index (χ4n) is 4.51. The Hall–Kier alpha value is -1.49. The van der Waals surface area contributed by atoms with Crippen LogP contribution in [0.25, 0.3) is 16.9 Å². The van der Waals surface area contributed by atoms with E-state index in [0.717, 1.165) is 51.2 Å². The van der Waals surface area contributed by atoms with E-state index in [4.69, 9.17) is 28.2 Å². The maximum atomic E-state index is 13.0. The Morgan fingerprint density at radius 3 is 2.56 bits per heavy atom. The van der Waals surface area contributed by atoms with Crippen molar-refractivity contribution in [3.05, 3.63) is 68.2 Å². The molecule has 0 spiro atoms. The van der Waals surface area contributed by atoms with Crippen LogP contribution in [0.15, 0.2) is 57.3 Å². The molecule has 0 amide bonds. The maximum Gasteiger partial charge on any atom is 0.252 e. The lowest BCUT2D eigenvalue weighted by atomic mass is 9.83. The van der Waals surface area contributed by atoms with Gasteiger partial charge in [0.15, 0.2) is 5.65 Å². The first-order valence-corrected chi connectivity index (χ1v) is 14.6. The monoisotopic (exact) mass is 598 g/mol. The van der Waals surface area contributed by atoms with E-state index in [2.05, 4.69) is 34.0 Å². The van der Waals surface area contributed by atoms with Gasteiger partial charge >= 0.3 is 0 Å². The zero-order chi connectivity index (χ0) is 24.0. The van der Waals surface area contributed by atoms with Crippen molar-refractivity contribution < 1.29 is 8.42 Å². The minimum atomic E-state index is -3.51. The number of nitrogens with zero attached hydrogens (tertiary/aromatic N) is 4. The predicted octanol–water partition coefficient (Wildman–Crippen LogP) is 6.73. The van der Waals surface area contributed by atoms with Gasteiger partial charge in [-0.05, 0) is 59.0 Å². The molecule has 1 saturated heterocycles. The largest absolute Gasteiger partial charge is 0.252 e. The molecule has 3 aromatic heterocycles. The smallest absolute Gasteiger partial charge is 0.227 e. The van der Waals surface area contributed by atoms with Crippen molar-refractivity contribution in [2.24, 2.45) is 5.92 Å².